The van der Waals surface area contributed by atoms with E-state index in [0.29, 0.717) is 19.4 Å². The Balaban J connectivity index is 2.49. The van der Waals surface area contributed by atoms with Gasteiger partial charge in [-0.3, -0.25) is 4.79 Å². The maximum absolute atomic E-state index is 11.9. The number of hydrogen-bond acceptors (Lipinski definition) is 3. The highest BCUT2D eigenvalue weighted by Gasteiger charge is 2.15. The summed E-state index contributed by atoms with van der Waals surface area (Å²) in [6.45, 7) is 4.33. The smallest absolute Gasteiger partial charge is 0.220 e. The lowest BCUT2D eigenvalue weighted by molar-refractivity contribution is -0.121. The lowest BCUT2D eigenvalue weighted by Gasteiger charge is -2.16. The number of ether oxygens (including phenoxy) is 1. The first kappa shape index (κ1) is 16.5. The zero-order valence-electron chi connectivity index (χ0n) is 12.6. The van der Waals surface area contributed by atoms with Crippen molar-refractivity contribution in [2.24, 2.45) is 0 Å². The first-order valence-corrected chi connectivity index (χ1v) is 7.16. The van der Waals surface area contributed by atoms with Gasteiger partial charge >= 0.3 is 0 Å². The molecule has 0 aliphatic heterocycles. The van der Waals surface area contributed by atoms with Crippen LogP contribution in [0.15, 0.2) is 24.3 Å². The number of aliphatic hydroxyl groups excluding tert-OH is 1. The minimum atomic E-state index is -0.453. The largest absolute Gasteiger partial charge is 0.496 e. The Morgan fingerprint density at radius 1 is 1.40 bits per heavy atom. The quantitative estimate of drug-likeness (QED) is 0.768. The van der Waals surface area contributed by atoms with Crippen molar-refractivity contribution in [3.63, 3.8) is 0 Å². The summed E-state index contributed by atoms with van der Waals surface area (Å²) < 4.78 is 5.31. The maximum Gasteiger partial charge on any atom is 0.220 e. The van der Waals surface area contributed by atoms with Gasteiger partial charge in [-0.2, -0.15) is 0 Å². The highest BCUT2D eigenvalue weighted by atomic mass is 16.5. The van der Waals surface area contributed by atoms with E-state index >= 15 is 0 Å². The molecule has 4 nitrogen and oxygen atoms in total. The summed E-state index contributed by atoms with van der Waals surface area (Å²) in [5.74, 6) is 0.840. The van der Waals surface area contributed by atoms with Gasteiger partial charge in [0.1, 0.15) is 5.75 Å². The number of rotatable bonds is 8. The van der Waals surface area contributed by atoms with Gasteiger partial charge in [-0.15, -0.1) is 0 Å². The number of hydrogen-bond donors (Lipinski definition) is 2. The summed E-state index contributed by atoms with van der Waals surface area (Å²) in [7, 11) is 1.63. The first-order chi connectivity index (χ1) is 9.58. The number of carbonyl (C=O) groups is 1. The third kappa shape index (κ3) is 5.21. The lowest BCUT2D eigenvalue weighted by atomic mass is 9.96. The summed E-state index contributed by atoms with van der Waals surface area (Å²) in [6.07, 6.45) is 1.56. The molecule has 0 radical (unpaired) electrons. The molecule has 2 atom stereocenters. The van der Waals surface area contributed by atoms with Gasteiger partial charge in [0.05, 0.1) is 13.2 Å². The van der Waals surface area contributed by atoms with Gasteiger partial charge in [0, 0.05) is 13.0 Å². The van der Waals surface area contributed by atoms with Crippen LogP contribution in [0.1, 0.15) is 44.6 Å². The van der Waals surface area contributed by atoms with Gasteiger partial charge < -0.3 is 15.2 Å². The fourth-order valence-electron chi connectivity index (χ4n) is 2.20. The summed E-state index contributed by atoms with van der Waals surface area (Å²) in [6, 6.07) is 7.73. The van der Waals surface area contributed by atoms with Gasteiger partial charge in [-0.1, -0.05) is 38.5 Å². The van der Waals surface area contributed by atoms with Crippen molar-refractivity contribution in [3.8, 4) is 5.75 Å². The summed E-state index contributed by atoms with van der Waals surface area (Å²) in [4.78, 5) is 11.9. The molecule has 4 heteroatoms. The molecule has 2 N–H and O–H groups in total. The van der Waals surface area contributed by atoms with Crippen LogP contribution in [-0.4, -0.2) is 30.8 Å². The SMILES string of the molecule is CCCC(O)CNC(=O)CC(C)c1ccccc1OC. The average molecular weight is 279 g/mol. The van der Waals surface area contributed by atoms with E-state index in [2.05, 4.69) is 5.32 Å². The lowest BCUT2D eigenvalue weighted by Crippen LogP contribution is -2.32. The molecule has 20 heavy (non-hydrogen) atoms. The molecule has 0 spiro atoms. The van der Waals surface area contributed by atoms with Crippen LogP contribution in [0, 0.1) is 0 Å². The summed E-state index contributed by atoms with van der Waals surface area (Å²) in [5, 5.41) is 12.4. The number of carbonyl (C=O) groups excluding carboxylic acids is 1. The second-order valence-electron chi connectivity index (χ2n) is 5.09. The molecule has 0 saturated heterocycles. The Morgan fingerprint density at radius 2 is 2.10 bits per heavy atom. The van der Waals surface area contributed by atoms with Crippen molar-refractivity contribution in [3.05, 3.63) is 29.8 Å². The number of aliphatic hydroxyl groups is 1. The van der Waals surface area contributed by atoms with E-state index in [4.69, 9.17) is 4.74 Å². The van der Waals surface area contributed by atoms with Crippen LogP contribution in [0.25, 0.3) is 0 Å². The number of benzene rings is 1. The van der Waals surface area contributed by atoms with Crippen molar-refractivity contribution >= 4 is 5.91 Å². The van der Waals surface area contributed by atoms with Crippen LogP contribution in [0.5, 0.6) is 5.75 Å². The van der Waals surface area contributed by atoms with Crippen LogP contribution in [0.2, 0.25) is 0 Å². The van der Waals surface area contributed by atoms with E-state index < -0.39 is 6.10 Å². The zero-order valence-corrected chi connectivity index (χ0v) is 12.6. The average Bonchev–Trinajstić information content (AvgIpc) is 2.45. The molecule has 1 aromatic rings. The normalized spacial score (nSPS) is 13.6. The molecule has 1 rings (SSSR count). The molecule has 2 unspecified atom stereocenters. The number of methoxy groups -OCH3 is 1. The predicted octanol–water partition coefficient (Wildman–Crippen LogP) is 2.47. The topological polar surface area (TPSA) is 58.6 Å². The van der Waals surface area contributed by atoms with E-state index in [9.17, 15) is 9.90 Å². The number of nitrogens with one attached hydrogen (secondary N) is 1. The molecule has 0 bridgehead atoms. The Kier molecular flexibility index (Phi) is 7.09. The third-order valence-electron chi connectivity index (χ3n) is 3.32. The van der Waals surface area contributed by atoms with Gasteiger partial charge in [-0.25, -0.2) is 0 Å². The van der Waals surface area contributed by atoms with Crippen molar-refractivity contribution in [2.45, 2.75) is 45.1 Å². The molecule has 0 aliphatic rings. The van der Waals surface area contributed by atoms with Crippen LogP contribution >= 0.6 is 0 Å². The first-order valence-electron chi connectivity index (χ1n) is 7.16. The van der Waals surface area contributed by atoms with Gasteiger partial charge in [-0.05, 0) is 24.0 Å². The van der Waals surface area contributed by atoms with Gasteiger partial charge in [0.2, 0.25) is 5.91 Å². The second-order valence-corrected chi connectivity index (χ2v) is 5.09. The summed E-state index contributed by atoms with van der Waals surface area (Å²) >= 11 is 0. The standard InChI is InChI=1S/C16H25NO3/c1-4-7-13(18)11-17-16(19)10-12(2)14-8-5-6-9-15(14)20-3/h5-6,8-9,12-13,18H,4,7,10-11H2,1-3H3,(H,17,19). The molecule has 0 aliphatic carbocycles. The fourth-order valence-corrected chi connectivity index (χ4v) is 2.20. The van der Waals surface area contributed by atoms with Crippen molar-refractivity contribution in [1.29, 1.82) is 0 Å². The molecule has 1 aromatic carbocycles. The van der Waals surface area contributed by atoms with Crippen LogP contribution in [0.4, 0.5) is 0 Å². The Labute approximate surface area is 121 Å². The van der Waals surface area contributed by atoms with Gasteiger partial charge in [0.15, 0.2) is 0 Å². The van der Waals surface area contributed by atoms with Crippen LogP contribution in [-0.2, 0) is 4.79 Å². The predicted molar refractivity (Wildman–Crippen MR) is 80.0 cm³/mol. The summed E-state index contributed by atoms with van der Waals surface area (Å²) in [5.41, 5.74) is 1.03. The van der Waals surface area contributed by atoms with E-state index in [0.717, 1.165) is 17.7 Å². The molecule has 0 fully saturated rings. The highest BCUT2D eigenvalue weighted by molar-refractivity contribution is 5.77. The van der Waals surface area contributed by atoms with E-state index in [1.165, 1.54) is 0 Å². The highest BCUT2D eigenvalue weighted by Crippen LogP contribution is 2.28. The minimum absolute atomic E-state index is 0.0430. The molecular weight excluding hydrogens is 254 g/mol. The second kappa shape index (κ2) is 8.59. The van der Waals surface area contributed by atoms with E-state index in [1.54, 1.807) is 7.11 Å². The molecule has 0 saturated carbocycles. The molecule has 0 heterocycles. The molecule has 0 aromatic heterocycles. The van der Waals surface area contributed by atoms with E-state index in [-0.39, 0.29) is 11.8 Å². The number of amides is 1. The van der Waals surface area contributed by atoms with Gasteiger partial charge in [0.25, 0.3) is 0 Å². The Hall–Kier alpha value is -1.55. The van der Waals surface area contributed by atoms with Crippen molar-refractivity contribution < 1.29 is 14.6 Å². The zero-order chi connectivity index (χ0) is 15.0. The van der Waals surface area contributed by atoms with Crippen LogP contribution in [0.3, 0.4) is 0 Å². The third-order valence-corrected chi connectivity index (χ3v) is 3.32. The number of para-hydroxylation sites is 1. The fraction of sp³-hybridized carbons (Fsp3) is 0.562. The molecule has 112 valence electrons. The van der Waals surface area contributed by atoms with Crippen LogP contribution < -0.4 is 10.1 Å². The molecular formula is C16H25NO3. The van der Waals surface area contributed by atoms with Crippen molar-refractivity contribution in [2.75, 3.05) is 13.7 Å². The van der Waals surface area contributed by atoms with E-state index in [1.807, 2.05) is 38.1 Å². The molecule has 1 amide bonds. The Bertz CT molecular complexity index is 420. The Morgan fingerprint density at radius 3 is 2.75 bits per heavy atom. The monoisotopic (exact) mass is 279 g/mol. The maximum atomic E-state index is 11.9. The minimum Gasteiger partial charge on any atom is -0.496 e. The van der Waals surface area contributed by atoms with Crippen molar-refractivity contribution in [1.82, 2.24) is 5.32 Å².